The first-order valence-corrected chi connectivity index (χ1v) is 10.4. The van der Waals surface area contributed by atoms with Crippen molar-refractivity contribution in [3.05, 3.63) is 54.2 Å². The molecule has 7 heteroatoms. The molecule has 1 unspecified atom stereocenters. The second-order valence-corrected chi connectivity index (χ2v) is 7.83. The van der Waals surface area contributed by atoms with Gasteiger partial charge in [0.15, 0.2) is 5.65 Å². The molecule has 7 nitrogen and oxygen atoms in total. The number of piperidine rings is 1. The second kappa shape index (κ2) is 7.91. The smallest absolute Gasteiger partial charge is 0.256 e. The summed E-state index contributed by atoms with van der Waals surface area (Å²) in [5.41, 5.74) is 3.16. The third-order valence-electron chi connectivity index (χ3n) is 6.04. The lowest BCUT2D eigenvalue weighted by Crippen LogP contribution is -2.38. The van der Waals surface area contributed by atoms with E-state index < -0.39 is 0 Å². The number of nitrogens with zero attached hydrogens (tertiary/aromatic N) is 5. The minimum Gasteiger partial charge on any atom is -0.381 e. The van der Waals surface area contributed by atoms with Crippen molar-refractivity contribution in [2.75, 3.05) is 19.8 Å². The van der Waals surface area contributed by atoms with E-state index in [0.29, 0.717) is 11.6 Å². The van der Waals surface area contributed by atoms with E-state index in [4.69, 9.17) is 4.74 Å². The Morgan fingerprint density at radius 1 is 1.07 bits per heavy atom. The number of carbonyl (C=O) groups excluding carboxylic acids is 1. The van der Waals surface area contributed by atoms with Crippen LogP contribution in [0.2, 0.25) is 0 Å². The van der Waals surface area contributed by atoms with Gasteiger partial charge in [0.1, 0.15) is 5.52 Å². The quantitative estimate of drug-likeness (QED) is 0.683. The van der Waals surface area contributed by atoms with Crippen LogP contribution in [0.25, 0.3) is 11.2 Å². The lowest BCUT2D eigenvalue weighted by atomic mass is 9.98. The third kappa shape index (κ3) is 3.51. The van der Waals surface area contributed by atoms with Gasteiger partial charge in [0, 0.05) is 38.2 Å². The molecule has 2 aliphatic rings. The minimum absolute atomic E-state index is 0.00960. The molecule has 29 heavy (non-hydrogen) atoms. The first kappa shape index (κ1) is 18.2. The number of fused-ring (bicyclic) bond motifs is 1. The molecule has 0 radical (unpaired) electrons. The summed E-state index contributed by atoms with van der Waals surface area (Å²) in [4.78, 5) is 29.0. The predicted octanol–water partition coefficient (Wildman–Crippen LogP) is 3.55. The van der Waals surface area contributed by atoms with Gasteiger partial charge in [-0.25, -0.2) is 9.97 Å². The Hall–Kier alpha value is -2.80. The van der Waals surface area contributed by atoms with Gasteiger partial charge in [-0.2, -0.15) is 0 Å². The third-order valence-corrected chi connectivity index (χ3v) is 6.04. The highest BCUT2D eigenvalue weighted by atomic mass is 16.5. The number of hydrogen-bond acceptors (Lipinski definition) is 5. The SMILES string of the molecule is O=C(c1cnc2c(c1)ncn2C1CCOCC1)N1CCCCC1c1ccccn1. The van der Waals surface area contributed by atoms with Gasteiger partial charge in [-0.3, -0.25) is 9.78 Å². The monoisotopic (exact) mass is 391 g/mol. The summed E-state index contributed by atoms with van der Waals surface area (Å²) in [6, 6.07) is 8.16. The summed E-state index contributed by atoms with van der Waals surface area (Å²) >= 11 is 0. The summed E-state index contributed by atoms with van der Waals surface area (Å²) in [6.07, 6.45) is 10.3. The van der Waals surface area contributed by atoms with Gasteiger partial charge in [-0.15, -0.1) is 0 Å². The van der Waals surface area contributed by atoms with E-state index >= 15 is 0 Å². The van der Waals surface area contributed by atoms with Crippen molar-refractivity contribution in [3.8, 4) is 0 Å². The normalized spacial score (nSPS) is 20.8. The van der Waals surface area contributed by atoms with E-state index in [1.54, 1.807) is 12.4 Å². The maximum absolute atomic E-state index is 13.3. The van der Waals surface area contributed by atoms with Crippen molar-refractivity contribution >= 4 is 17.1 Å². The molecule has 0 aromatic carbocycles. The number of carbonyl (C=O) groups is 1. The molecule has 2 saturated heterocycles. The van der Waals surface area contributed by atoms with Crippen molar-refractivity contribution in [1.82, 2.24) is 24.4 Å². The summed E-state index contributed by atoms with van der Waals surface area (Å²) in [6.45, 7) is 2.28. The molecule has 5 heterocycles. The van der Waals surface area contributed by atoms with Crippen molar-refractivity contribution < 1.29 is 9.53 Å². The molecule has 0 saturated carbocycles. The fraction of sp³-hybridized carbons (Fsp3) is 0.455. The number of rotatable bonds is 3. The van der Waals surface area contributed by atoms with Crippen LogP contribution in [0, 0.1) is 0 Å². The topological polar surface area (TPSA) is 73.1 Å². The van der Waals surface area contributed by atoms with Gasteiger partial charge in [0.05, 0.1) is 23.6 Å². The van der Waals surface area contributed by atoms with Crippen LogP contribution >= 0.6 is 0 Å². The average molecular weight is 391 g/mol. The summed E-state index contributed by atoms with van der Waals surface area (Å²) in [5, 5.41) is 0. The highest BCUT2D eigenvalue weighted by Gasteiger charge is 2.30. The molecular weight excluding hydrogens is 366 g/mol. The molecule has 1 atom stereocenters. The van der Waals surface area contributed by atoms with Crippen LogP contribution in [0.5, 0.6) is 0 Å². The van der Waals surface area contributed by atoms with Gasteiger partial charge in [-0.05, 0) is 50.3 Å². The van der Waals surface area contributed by atoms with Gasteiger partial charge >= 0.3 is 0 Å². The van der Waals surface area contributed by atoms with Gasteiger partial charge in [0.2, 0.25) is 0 Å². The molecule has 0 aliphatic carbocycles. The van der Waals surface area contributed by atoms with Crippen LogP contribution < -0.4 is 0 Å². The maximum atomic E-state index is 13.3. The molecule has 0 spiro atoms. The first-order chi connectivity index (χ1) is 14.3. The largest absolute Gasteiger partial charge is 0.381 e. The van der Waals surface area contributed by atoms with E-state index in [1.807, 2.05) is 35.5 Å². The number of hydrogen-bond donors (Lipinski definition) is 0. The molecule has 150 valence electrons. The molecule has 5 rings (SSSR count). The van der Waals surface area contributed by atoms with Gasteiger partial charge in [-0.1, -0.05) is 6.07 Å². The Morgan fingerprint density at radius 3 is 2.79 bits per heavy atom. The van der Waals surface area contributed by atoms with Gasteiger partial charge < -0.3 is 14.2 Å². The number of ether oxygens (including phenoxy) is 1. The number of likely N-dealkylation sites (tertiary alicyclic amines) is 1. The zero-order valence-corrected chi connectivity index (χ0v) is 16.4. The van der Waals surface area contributed by atoms with E-state index in [9.17, 15) is 4.79 Å². The Bertz CT molecular complexity index is 997. The van der Waals surface area contributed by atoms with Crippen LogP contribution in [0.3, 0.4) is 0 Å². The van der Waals surface area contributed by atoms with Crippen molar-refractivity contribution in [3.63, 3.8) is 0 Å². The summed E-state index contributed by atoms with van der Waals surface area (Å²) in [5.74, 6) is 0.00960. The Kier molecular flexibility index (Phi) is 4.97. The van der Waals surface area contributed by atoms with E-state index in [1.165, 1.54) is 0 Å². The lowest BCUT2D eigenvalue weighted by Gasteiger charge is -2.35. The summed E-state index contributed by atoms with van der Waals surface area (Å²) < 4.78 is 7.59. The molecular formula is C22H25N5O2. The fourth-order valence-electron chi connectivity index (χ4n) is 4.49. The standard InChI is InChI=1S/C22H25N5O2/c28-22(26-10-4-2-6-20(26)18-5-1-3-9-23-18)16-13-19-21(24-14-16)27(15-25-19)17-7-11-29-12-8-17/h1,3,5,9,13-15,17,20H,2,4,6-8,10-12H2. The van der Waals surface area contributed by atoms with E-state index in [-0.39, 0.29) is 11.9 Å². The molecule has 2 aliphatic heterocycles. The molecule has 1 amide bonds. The zero-order valence-electron chi connectivity index (χ0n) is 16.4. The van der Waals surface area contributed by atoms with Crippen molar-refractivity contribution in [2.45, 2.75) is 44.2 Å². The zero-order chi connectivity index (χ0) is 19.6. The number of imidazole rings is 1. The Morgan fingerprint density at radius 2 is 1.97 bits per heavy atom. The number of pyridine rings is 2. The molecule has 0 N–H and O–H groups in total. The van der Waals surface area contributed by atoms with Gasteiger partial charge in [0.25, 0.3) is 5.91 Å². The highest BCUT2D eigenvalue weighted by Crippen LogP contribution is 2.31. The van der Waals surface area contributed by atoms with Crippen molar-refractivity contribution in [2.24, 2.45) is 0 Å². The van der Waals surface area contributed by atoms with Crippen molar-refractivity contribution in [1.29, 1.82) is 0 Å². The maximum Gasteiger partial charge on any atom is 0.256 e. The molecule has 2 fully saturated rings. The number of amides is 1. The second-order valence-electron chi connectivity index (χ2n) is 7.83. The Labute approximate surface area is 169 Å². The average Bonchev–Trinajstić information content (AvgIpc) is 3.23. The predicted molar refractivity (Wildman–Crippen MR) is 108 cm³/mol. The van der Waals surface area contributed by atoms with Crippen LogP contribution in [-0.4, -0.2) is 50.1 Å². The minimum atomic E-state index is 0.00960. The lowest BCUT2D eigenvalue weighted by molar-refractivity contribution is 0.0606. The van der Waals surface area contributed by atoms with E-state index in [0.717, 1.165) is 68.7 Å². The van der Waals surface area contributed by atoms with Crippen LogP contribution in [0.4, 0.5) is 0 Å². The van der Waals surface area contributed by atoms with Crippen LogP contribution in [-0.2, 0) is 4.74 Å². The molecule has 3 aromatic rings. The molecule has 0 bridgehead atoms. The summed E-state index contributed by atoms with van der Waals surface area (Å²) in [7, 11) is 0. The first-order valence-electron chi connectivity index (χ1n) is 10.4. The highest BCUT2D eigenvalue weighted by molar-refractivity contribution is 5.96. The fourth-order valence-corrected chi connectivity index (χ4v) is 4.49. The Balaban J connectivity index is 1.43. The van der Waals surface area contributed by atoms with Crippen LogP contribution in [0.1, 0.15) is 60.2 Å². The number of aromatic nitrogens is 4. The molecule has 3 aromatic heterocycles. The van der Waals surface area contributed by atoms with E-state index in [2.05, 4.69) is 19.5 Å². The van der Waals surface area contributed by atoms with Crippen LogP contribution in [0.15, 0.2) is 43.0 Å².